The summed E-state index contributed by atoms with van der Waals surface area (Å²) in [6.07, 6.45) is 7.64. The monoisotopic (exact) mass is 490 g/mol. The zero-order valence-corrected chi connectivity index (χ0v) is 20.6. The van der Waals surface area contributed by atoms with Crippen molar-refractivity contribution in [3.05, 3.63) is 66.6 Å². The summed E-state index contributed by atoms with van der Waals surface area (Å²) in [6, 6.07) is 14.5. The first-order valence-corrected chi connectivity index (χ1v) is 12.9. The van der Waals surface area contributed by atoms with Gasteiger partial charge in [0.2, 0.25) is 5.95 Å². The van der Waals surface area contributed by atoms with Crippen LogP contribution in [0, 0.1) is 0 Å². The molecular formula is C25H30N8OS. The Bertz CT molecular complexity index is 1260. The second kappa shape index (κ2) is 10.9. The number of aliphatic hydroxyl groups is 1. The molecule has 0 radical (unpaired) electrons. The summed E-state index contributed by atoms with van der Waals surface area (Å²) in [7, 11) is 0. The number of pyridine rings is 1. The van der Waals surface area contributed by atoms with Gasteiger partial charge < -0.3 is 25.2 Å². The fourth-order valence-corrected chi connectivity index (χ4v) is 4.90. The van der Waals surface area contributed by atoms with E-state index in [1.165, 1.54) is 5.69 Å². The van der Waals surface area contributed by atoms with Crippen LogP contribution < -0.4 is 19.8 Å². The Labute approximate surface area is 209 Å². The molecule has 3 N–H and O–H groups in total. The molecule has 0 saturated carbocycles. The highest BCUT2D eigenvalue weighted by Gasteiger charge is 2.14. The molecule has 9 nitrogen and oxygen atoms in total. The lowest BCUT2D eigenvalue weighted by atomic mass is 10.2. The molecule has 1 aliphatic rings. The Balaban J connectivity index is 1.35. The summed E-state index contributed by atoms with van der Waals surface area (Å²) in [6.45, 7) is 5.29. The molecule has 0 aliphatic carbocycles. The van der Waals surface area contributed by atoms with Crippen LogP contribution in [-0.4, -0.2) is 70.2 Å². The lowest BCUT2D eigenvalue weighted by Crippen LogP contribution is -2.43. The zero-order chi connectivity index (χ0) is 24.0. The van der Waals surface area contributed by atoms with E-state index in [2.05, 4.69) is 60.4 Å². The molecule has 0 amide bonds. The average Bonchev–Trinajstić information content (AvgIpc) is 3.30. The van der Waals surface area contributed by atoms with Crippen LogP contribution in [0.3, 0.4) is 0 Å². The van der Waals surface area contributed by atoms with Gasteiger partial charge in [0.05, 0.1) is 19.7 Å². The van der Waals surface area contributed by atoms with Crippen LogP contribution in [0.5, 0.6) is 0 Å². The molecule has 182 valence electrons. The quantitative estimate of drug-likeness (QED) is 0.306. The number of piperazine rings is 1. The van der Waals surface area contributed by atoms with Gasteiger partial charge in [-0.1, -0.05) is 18.0 Å². The fraction of sp³-hybridized carbons (Fsp3) is 0.320. The standard InChI is InChI=1S/C25H30N8OS/c1-35-33(15-16-34)23-20(3-2-9-27-23)18-32-12-8-19-17-28-25(30-24(19)32)29-21-4-6-22(7-5-21)31-13-10-26-11-14-31/h2-9,12,17,26,34H,10-11,13-16,18H2,1H3,(H,28,29,30). The van der Waals surface area contributed by atoms with Crippen molar-refractivity contribution >= 4 is 46.1 Å². The van der Waals surface area contributed by atoms with E-state index in [0.717, 1.165) is 54.3 Å². The van der Waals surface area contributed by atoms with Crippen LogP contribution in [0.1, 0.15) is 5.56 Å². The highest BCUT2D eigenvalue weighted by atomic mass is 32.2. The summed E-state index contributed by atoms with van der Waals surface area (Å²) >= 11 is 1.55. The van der Waals surface area contributed by atoms with Crippen molar-refractivity contribution in [1.29, 1.82) is 0 Å². The third-order valence-electron chi connectivity index (χ3n) is 6.08. The molecule has 1 aliphatic heterocycles. The predicted octanol–water partition coefficient (Wildman–Crippen LogP) is 3.10. The van der Waals surface area contributed by atoms with Crippen LogP contribution in [-0.2, 0) is 6.54 Å². The number of fused-ring (bicyclic) bond motifs is 1. The molecule has 4 heterocycles. The van der Waals surface area contributed by atoms with Gasteiger partial charge >= 0.3 is 0 Å². The van der Waals surface area contributed by atoms with Gasteiger partial charge in [-0.15, -0.1) is 0 Å². The van der Waals surface area contributed by atoms with Gasteiger partial charge in [0, 0.05) is 73.3 Å². The maximum atomic E-state index is 9.43. The number of hydrogen-bond donors (Lipinski definition) is 3. The van der Waals surface area contributed by atoms with E-state index in [4.69, 9.17) is 4.98 Å². The van der Waals surface area contributed by atoms with E-state index < -0.39 is 0 Å². The van der Waals surface area contributed by atoms with Crippen molar-refractivity contribution in [2.75, 3.05) is 60.1 Å². The van der Waals surface area contributed by atoms with Crippen molar-refractivity contribution in [2.45, 2.75) is 6.54 Å². The molecule has 10 heteroatoms. The van der Waals surface area contributed by atoms with E-state index in [9.17, 15) is 5.11 Å². The van der Waals surface area contributed by atoms with Crippen molar-refractivity contribution in [3.8, 4) is 0 Å². The fourth-order valence-electron chi connectivity index (χ4n) is 4.30. The van der Waals surface area contributed by atoms with Crippen LogP contribution in [0.15, 0.2) is 61.1 Å². The van der Waals surface area contributed by atoms with Crippen molar-refractivity contribution in [3.63, 3.8) is 0 Å². The highest BCUT2D eigenvalue weighted by molar-refractivity contribution is 7.99. The number of nitrogens with zero attached hydrogens (tertiary/aromatic N) is 6. The molecule has 0 bridgehead atoms. The van der Waals surface area contributed by atoms with E-state index in [-0.39, 0.29) is 6.61 Å². The minimum absolute atomic E-state index is 0.0712. The van der Waals surface area contributed by atoms with E-state index in [1.54, 1.807) is 18.1 Å². The zero-order valence-electron chi connectivity index (χ0n) is 19.8. The number of anilines is 4. The van der Waals surface area contributed by atoms with Crippen LogP contribution >= 0.6 is 11.9 Å². The van der Waals surface area contributed by atoms with Gasteiger partial charge in [-0.25, -0.2) is 9.97 Å². The number of nitrogens with one attached hydrogen (secondary N) is 2. The van der Waals surface area contributed by atoms with Crippen LogP contribution in [0.4, 0.5) is 23.1 Å². The van der Waals surface area contributed by atoms with Crippen LogP contribution in [0.25, 0.3) is 11.0 Å². The minimum Gasteiger partial charge on any atom is -0.394 e. The topological polar surface area (TPSA) is 94.4 Å². The van der Waals surface area contributed by atoms with Crippen molar-refractivity contribution < 1.29 is 5.11 Å². The Morgan fingerprint density at radius 2 is 1.94 bits per heavy atom. The van der Waals surface area contributed by atoms with E-state index in [1.807, 2.05) is 35.1 Å². The van der Waals surface area contributed by atoms with E-state index >= 15 is 0 Å². The molecular weight excluding hydrogens is 460 g/mol. The molecule has 1 aromatic carbocycles. The molecule has 1 saturated heterocycles. The number of aromatic nitrogens is 4. The summed E-state index contributed by atoms with van der Waals surface area (Å²) in [5, 5.41) is 17.1. The van der Waals surface area contributed by atoms with Gasteiger partial charge in [0.25, 0.3) is 0 Å². The molecule has 0 spiro atoms. The number of aliphatic hydroxyl groups excluding tert-OH is 1. The third kappa shape index (κ3) is 5.34. The van der Waals surface area contributed by atoms with Gasteiger partial charge in [-0.2, -0.15) is 4.98 Å². The second-order valence-corrected chi connectivity index (χ2v) is 9.13. The smallest absolute Gasteiger partial charge is 0.229 e. The molecule has 1 fully saturated rings. The maximum Gasteiger partial charge on any atom is 0.229 e. The molecule has 3 aromatic heterocycles. The number of hydrogen-bond acceptors (Lipinski definition) is 9. The maximum absolute atomic E-state index is 9.43. The number of rotatable bonds is 9. The SMILES string of the molecule is CSN(CCO)c1ncccc1Cn1ccc2cnc(Nc3ccc(N4CCNCC4)cc3)nc21. The summed E-state index contributed by atoms with van der Waals surface area (Å²) in [4.78, 5) is 16.3. The van der Waals surface area contributed by atoms with Gasteiger partial charge in [0.15, 0.2) is 0 Å². The third-order valence-corrected chi connectivity index (χ3v) is 6.87. The predicted molar refractivity (Wildman–Crippen MR) is 144 cm³/mol. The number of benzene rings is 1. The molecule has 4 aromatic rings. The lowest BCUT2D eigenvalue weighted by molar-refractivity contribution is 0.307. The summed E-state index contributed by atoms with van der Waals surface area (Å²) < 4.78 is 4.11. The first-order valence-electron chi connectivity index (χ1n) is 11.8. The summed E-state index contributed by atoms with van der Waals surface area (Å²) in [5.74, 6) is 1.41. The lowest BCUT2D eigenvalue weighted by Gasteiger charge is -2.29. The minimum atomic E-state index is 0.0712. The first-order chi connectivity index (χ1) is 17.2. The van der Waals surface area contributed by atoms with Crippen LogP contribution in [0.2, 0.25) is 0 Å². The molecule has 5 rings (SSSR count). The Morgan fingerprint density at radius 1 is 1.11 bits per heavy atom. The molecule has 35 heavy (non-hydrogen) atoms. The first kappa shape index (κ1) is 23.4. The average molecular weight is 491 g/mol. The van der Waals surface area contributed by atoms with E-state index in [0.29, 0.717) is 19.0 Å². The van der Waals surface area contributed by atoms with Gasteiger partial charge in [0.1, 0.15) is 11.5 Å². The largest absolute Gasteiger partial charge is 0.394 e. The molecule has 0 unspecified atom stereocenters. The summed E-state index contributed by atoms with van der Waals surface area (Å²) in [5.41, 5.74) is 4.10. The van der Waals surface area contributed by atoms with Crippen molar-refractivity contribution in [2.24, 2.45) is 0 Å². The molecule has 0 atom stereocenters. The highest BCUT2D eigenvalue weighted by Crippen LogP contribution is 2.26. The van der Waals surface area contributed by atoms with Gasteiger partial charge in [-0.05, 0) is 36.4 Å². The normalized spacial score (nSPS) is 13.8. The second-order valence-electron chi connectivity index (χ2n) is 8.32. The Hall–Kier alpha value is -3.34. The van der Waals surface area contributed by atoms with Crippen molar-refractivity contribution in [1.82, 2.24) is 24.8 Å². The Kier molecular flexibility index (Phi) is 7.31. The Morgan fingerprint density at radius 3 is 2.71 bits per heavy atom. The van der Waals surface area contributed by atoms with Gasteiger partial charge in [-0.3, -0.25) is 4.31 Å².